The molecule has 0 aliphatic carbocycles. The molecule has 3 heterocycles. The van der Waals surface area contributed by atoms with Gasteiger partial charge >= 0.3 is 0 Å². The first-order chi connectivity index (χ1) is 12.8. The predicted octanol–water partition coefficient (Wildman–Crippen LogP) is 1.82. The summed E-state index contributed by atoms with van der Waals surface area (Å²) in [5.74, 6) is 0.755. The SMILES string of the molecule is O=C(NCC(c1ccco1)N1CCCC1)c1cccc(-n2cnnn2)c1. The molecule has 1 N–H and O–H groups in total. The fourth-order valence-corrected chi connectivity index (χ4v) is 3.30. The molecule has 1 saturated heterocycles. The third-order valence-electron chi connectivity index (χ3n) is 4.63. The molecule has 8 nitrogen and oxygen atoms in total. The second-order valence-corrected chi connectivity index (χ2v) is 6.29. The first-order valence-corrected chi connectivity index (χ1v) is 8.70. The van der Waals surface area contributed by atoms with Gasteiger partial charge in [0.15, 0.2) is 0 Å². The number of rotatable bonds is 6. The number of nitrogens with zero attached hydrogens (tertiary/aromatic N) is 5. The Kier molecular flexibility index (Phi) is 4.74. The van der Waals surface area contributed by atoms with Crippen molar-refractivity contribution < 1.29 is 9.21 Å². The number of hydrogen-bond acceptors (Lipinski definition) is 6. The summed E-state index contributed by atoms with van der Waals surface area (Å²) >= 11 is 0. The molecular formula is C18H20N6O2. The van der Waals surface area contributed by atoms with Gasteiger partial charge in [0, 0.05) is 12.1 Å². The van der Waals surface area contributed by atoms with Crippen LogP contribution in [-0.4, -0.2) is 50.6 Å². The monoisotopic (exact) mass is 352 g/mol. The Labute approximate surface area is 150 Å². The molecule has 2 aromatic heterocycles. The maximum Gasteiger partial charge on any atom is 0.251 e. The summed E-state index contributed by atoms with van der Waals surface area (Å²) in [4.78, 5) is 15.0. The Morgan fingerprint density at radius 2 is 2.12 bits per heavy atom. The van der Waals surface area contributed by atoms with E-state index < -0.39 is 0 Å². The summed E-state index contributed by atoms with van der Waals surface area (Å²) in [7, 11) is 0. The molecule has 1 amide bonds. The van der Waals surface area contributed by atoms with Crippen LogP contribution < -0.4 is 5.32 Å². The lowest BCUT2D eigenvalue weighted by Gasteiger charge is -2.26. The van der Waals surface area contributed by atoms with E-state index in [-0.39, 0.29) is 11.9 Å². The normalized spacial score (nSPS) is 15.8. The molecule has 1 aromatic carbocycles. The van der Waals surface area contributed by atoms with Crippen LogP contribution in [0.2, 0.25) is 0 Å². The van der Waals surface area contributed by atoms with Crippen LogP contribution in [0, 0.1) is 0 Å². The second kappa shape index (κ2) is 7.49. The highest BCUT2D eigenvalue weighted by atomic mass is 16.3. The molecule has 0 bridgehead atoms. The predicted molar refractivity (Wildman–Crippen MR) is 93.7 cm³/mol. The smallest absolute Gasteiger partial charge is 0.251 e. The van der Waals surface area contributed by atoms with E-state index >= 15 is 0 Å². The number of carbonyl (C=O) groups is 1. The molecular weight excluding hydrogens is 332 g/mol. The first kappa shape index (κ1) is 16.5. The van der Waals surface area contributed by atoms with E-state index in [1.54, 1.807) is 18.4 Å². The summed E-state index contributed by atoms with van der Waals surface area (Å²) in [6.45, 7) is 2.55. The number of likely N-dealkylation sites (tertiary alicyclic amines) is 1. The van der Waals surface area contributed by atoms with Gasteiger partial charge in [-0.25, -0.2) is 4.68 Å². The van der Waals surface area contributed by atoms with Crippen molar-refractivity contribution in [1.29, 1.82) is 0 Å². The molecule has 134 valence electrons. The Balaban J connectivity index is 1.46. The molecule has 8 heteroatoms. The van der Waals surface area contributed by atoms with Crippen molar-refractivity contribution in [2.45, 2.75) is 18.9 Å². The highest BCUT2D eigenvalue weighted by Crippen LogP contribution is 2.25. The topological polar surface area (TPSA) is 89.1 Å². The minimum atomic E-state index is -0.129. The summed E-state index contributed by atoms with van der Waals surface area (Å²) in [6.07, 6.45) is 5.53. The van der Waals surface area contributed by atoms with E-state index in [1.807, 2.05) is 24.3 Å². The molecule has 1 aliphatic heterocycles. The highest BCUT2D eigenvalue weighted by Gasteiger charge is 2.26. The van der Waals surface area contributed by atoms with Gasteiger partial charge in [0.05, 0.1) is 18.0 Å². The van der Waals surface area contributed by atoms with Gasteiger partial charge in [0.1, 0.15) is 12.1 Å². The lowest BCUT2D eigenvalue weighted by Crippen LogP contribution is -2.36. The van der Waals surface area contributed by atoms with Gasteiger partial charge in [-0.1, -0.05) is 6.07 Å². The van der Waals surface area contributed by atoms with Crippen molar-refractivity contribution in [3.05, 3.63) is 60.3 Å². The standard InChI is InChI=1S/C18H20N6O2/c25-18(14-5-3-6-15(11-14)24-13-20-21-22-24)19-12-16(17-7-4-10-26-17)23-8-1-2-9-23/h3-7,10-11,13,16H,1-2,8-9,12H2,(H,19,25). The molecule has 0 radical (unpaired) electrons. The lowest BCUT2D eigenvalue weighted by atomic mass is 10.1. The summed E-state index contributed by atoms with van der Waals surface area (Å²) in [5.41, 5.74) is 1.31. The van der Waals surface area contributed by atoms with E-state index in [0.29, 0.717) is 12.1 Å². The van der Waals surface area contributed by atoms with E-state index in [0.717, 1.165) is 24.5 Å². The molecule has 0 spiro atoms. The second-order valence-electron chi connectivity index (χ2n) is 6.29. The minimum absolute atomic E-state index is 0.0548. The minimum Gasteiger partial charge on any atom is -0.468 e. The van der Waals surface area contributed by atoms with Gasteiger partial charge in [0.25, 0.3) is 5.91 Å². The van der Waals surface area contributed by atoms with E-state index in [9.17, 15) is 4.79 Å². The Bertz CT molecular complexity index is 840. The maximum absolute atomic E-state index is 12.6. The average Bonchev–Trinajstić information content (AvgIpc) is 3.45. The van der Waals surface area contributed by atoms with Crippen molar-refractivity contribution in [3.8, 4) is 5.69 Å². The van der Waals surface area contributed by atoms with Crippen LogP contribution in [0.5, 0.6) is 0 Å². The number of benzene rings is 1. The van der Waals surface area contributed by atoms with Gasteiger partial charge in [-0.3, -0.25) is 9.69 Å². The molecule has 0 saturated carbocycles. The van der Waals surface area contributed by atoms with Crippen LogP contribution in [0.1, 0.15) is 35.0 Å². The van der Waals surface area contributed by atoms with Crippen LogP contribution in [0.15, 0.2) is 53.4 Å². The number of furan rings is 1. The summed E-state index contributed by atoms with van der Waals surface area (Å²) in [5, 5.41) is 14.1. The molecule has 1 aliphatic rings. The van der Waals surface area contributed by atoms with Gasteiger partial charge in [-0.05, 0) is 66.7 Å². The van der Waals surface area contributed by atoms with Crippen LogP contribution in [-0.2, 0) is 0 Å². The van der Waals surface area contributed by atoms with Gasteiger partial charge in [-0.2, -0.15) is 0 Å². The van der Waals surface area contributed by atoms with E-state index in [4.69, 9.17) is 4.42 Å². The molecule has 3 aromatic rings. The van der Waals surface area contributed by atoms with Crippen molar-refractivity contribution in [1.82, 2.24) is 30.4 Å². The van der Waals surface area contributed by atoms with Crippen LogP contribution >= 0.6 is 0 Å². The van der Waals surface area contributed by atoms with Gasteiger partial charge in [-0.15, -0.1) is 5.10 Å². The third-order valence-corrected chi connectivity index (χ3v) is 4.63. The zero-order valence-electron chi connectivity index (χ0n) is 14.3. The largest absolute Gasteiger partial charge is 0.468 e. The maximum atomic E-state index is 12.6. The average molecular weight is 352 g/mol. The first-order valence-electron chi connectivity index (χ1n) is 8.70. The quantitative estimate of drug-likeness (QED) is 0.728. The fourth-order valence-electron chi connectivity index (χ4n) is 3.30. The van der Waals surface area contributed by atoms with Gasteiger partial charge in [0.2, 0.25) is 0 Å². The number of aromatic nitrogens is 4. The Morgan fingerprint density at radius 3 is 2.85 bits per heavy atom. The third kappa shape index (κ3) is 3.50. The van der Waals surface area contributed by atoms with Crippen molar-refractivity contribution in [2.24, 2.45) is 0 Å². The van der Waals surface area contributed by atoms with Crippen molar-refractivity contribution >= 4 is 5.91 Å². The highest BCUT2D eigenvalue weighted by molar-refractivity contribution is 5.94. The molecule has 4 rings (SSSR count). The number of carbonyl (C=O) groups excluding carboxylic acids is 1. The summed E-state index contributed by atoms with van der Waals surface area (Å²) in [6, 6.07) is 11.1. The van der Waals surface area contributed by atoms with Gasteiger partial charge < -0.3 is 9.73 Å². The van der Waals surface area contributed by atoms with E-state index in [1.165, 1.54) is 23.9 Å². The summed E-state index contributed by atoms with van der Waals surface area (Å²) < 4.78 is 7.12. The van der Waals surface area contributed by atoms with Crippen molar-refractivity contribution in [3.63, 3.8) is 0 Å². The number of tetrazole rings is 1. The fraction of sp³-hybridized carbons (Fsp3) is 0.333. The lowest BCUT2D eigenvalue weighted by molar-refractivity contribution is 0.0933. The molecule has 1 unspecified atom stereocenters. The number of amides is 1. The molecule has 26 heavy (non-hydrogen) atoms. The Morgan fingerprint density at radius 1 is 1.23 bits per heavy atom. The van der Waals surface area contributed by atoms with Crippen molar-refractivity contribution in [2.75, 3.05) is 19.6 Å². The number of hydrogen-bond donors (Lipinski definition) is 1. The van der Waals surface area contributed by atoms with Crippen LogP contribution in [0.4, 0.5) is 0 Å². The van der Waals surface area contributed by atoms with Crippen LogP contribution in [0.25, 0.3) is 5.69 Å². The molecule has 1 fully saturated rings. The van der Waals surface area contributed by atoms with E-state index in [2.05, 4.69) is 25.7 Å². The zero-order chi connectivity index (χ0) is 17.8. The Hall–Kier alpha value is -3.00. The number of nitrogens with one attached hydrogen (secondary N) is 1. The zero-order valence-corrected chi connectivity index (χ0v) is 14.3. The molecule has 1 atom stereocenters. The van der Waals surface area contributed by atoms with Crippen LogP contribution in [0.3, 0.4) is 0 Å².